The zero-order valence-electron chi connectivity index (χ0n) is 12.0. The van der Waals surface area contributed by atoms with Gasteiger partial charge < -0.3 is 10.1 Å². The first-order chi connectivity index (χ1) is 8.22. The van der Waals surface area contributed by atoms with Gasteiger partial charge in [-0.15, -0.1) is 0 Å². The van der Waals surface area contributed by atoms with E-state index in [9.17, 15) is 0 Å². The average molecular weight is 242 g/mol. The van der Waals surface area contributed by atoms with Gasteiger partial charge in [-0.2, -0.15) is 0 Å². The van der Waals surface area contributed by atoms with Gasteiger partial charge in [0, 0.05) is 26.2 Å². The van der Waals surface area contributed by atoms with Crippen LogP contribution < -0.4 is 5.32 Å². The lowest BCUT2D eigenvalue weighted by molar-refractivity contribution is 0.0983. The molecule has 0 aliphatic carbocycles. The van der Waals surface area contributed by atoms with Crippen molar-refractivity contribution in [3.05, 3.63) is 0 Å². The van der Waals surface area contributed by atoms with E-state index < -0.39 is 0 Å². The highest BCUT2D eigenvalue weighted by atomic mass is 16.5. The number of nitrogens with zero attached hydrogens (tertiary/aromatic N) is 1. The number of hydrogen-bond acceptors (Lipinski definition) is 3. The van der Waals surface area contributed by atoms with Crippen LogP contribution in [0.4, 0.5) is 0 Å². The van der Waals surface area contributed by atoms with Crippen molar-refractivity contribution in [3.63, 3.8) is 0 Å². The van der Waals surface area contributed by atoms with E-state index in [0.717, 1.165) is 31.0 Å². The van der Waals surface area contributed by atoms with Crippen LogP contribution in [0.3, 0.4) is 0 Å². The first-order valence-electron chi connectivity index (χ1n) is 7.16. The number of ether oxygens (including phenoxy) is 1. The Morgan fingerprint density at radius 2 is 2.00 bits per heavy atom. The van der Waals surface area contributed by atoms with Crippen molar-refractivity contribution in [2.45, 2.75) is 39.7 Å². The Morgan fingerprint density at radius 1 is 1.29 bits per heavy atom. The zero-order chi connectivity index (χ0) is 12.7. The van der Waals surface area contributed by atoms with E-state index in [2.05, 4.69) is 31.0 Å². The van der Waals surface area contributed by atoms with Crippen molar-refractivity contribution >= 4 is 0 Å². The van der Waals surface area contributed by atoms with Gasteiger partial charge in [-0.1, -0.05) is 20.8 Å². The molecular formula is C14H30N2O. The minimum Gasteiger partial charge on any atom is -0.383 e. The van der Waals surface area contributed by atoms with Crippen molar-refractivity contribution in [2.24, 2.45) is 11.8 Å². The maximum atomic E-state index is 5.25. The van der Waals surface area contributed by atoms with Gasteiger partial charge >= 0.3 is 0 Å². The van der Waals surface area contributed by atoms with Crippen LogP contribution in [0, 0.1) is 11.8 Å². The summed E-state index contributed by atoms with van der Waals surface area (Å²) in [5.41, 5.74) is 0. The van der Waals surface area contributed by atoms with Crippen LogP contribution in [0.25, 0.3) is 0 Å². The lowest BCUT2D eigenvalue weighted by atomic mass is 9.96. The molecule has 0 aromatic carbocycles. The molecule has 3 heteroatoms. The Kier molecular flexibility index (Phi) is 7.09. The summed E-state index contributed by atoms with van der Waals surface area (Å²) in [7, 11) is 1.80. The van der Waals surface area contributed by atoms with Crippen LogP contribution in [-0.2, 0) is 4.74 Å². The van der Waals surface area contributed by atoms with Gasteiger partial charge in [-0.05, 0) is 37.8 Å². The Balaban J connectivity index is 2.49. The minimum atomic E-state index is 0.720. The Labute approximate surface area is 107 Å². The lowest BCUT2D eigenvalue weighted by Crippen LogP contribution is -2.41. The van der Waals surface area contributed by atoms with E-state index in [1.54, 1.807) is 7.11 Å². The van der Waals surface area contributed by atoms with Gasteiger partial charge in [0.15, 0.2) is 0 Å². The van der Waals surface area contributed by atoms with Crippen LogP contribution in [0.5, 0.6) is 0 Å². The lowest BCUT2D eigenvalue weighted by Gasteiger charge is -2.33. The summed E-state index contributed by atoms with van der Waals surface area (Å²) in [6.45, 7) is 12.5. The first kappa shape index (κ1) is 14.9. The maximum Gasteiger partial charge on any atom is 0.0589 e. The van der Waals surface area contributed by atoms with E-state index in [4.69, 9.17) is 4.74 Å². The van der Waals surface area contributed by atoms with Gasteiger partial charge in [0.05, 0.1) is 6.61 Å². The average Bonchev–Trinajstić information content (AvgIpc) is 2.73. The van der Waals surface area contributed by atoms with Crippen molar-refractivity contribution in [1.82, 2.24) is 10.2 Å². The van der Waals surface area contributed by atoms with E-state index in [1.807, 2.05) is 0 Å². The third kappa shape index (κ3) is 4.57. The maximum absolute atomic E-state index is 5.25. The number of hydrogen-bond donors (Lipinski definition) is 1. The van der Waals surface area contributed by atoms with Crippen LogP contribution in [-0.4, -0.2) is 50.8 Å². The van der Waals surface area contributed by atoms with Gasteiger partial charge in [0.1, 0.15) is 0 Å². The Bertz CT molecular complexity index is 195. The molecule has 2 atom stereocenters. The smallest absolute Gasteiger partial charge is 0.0589 e. The number of nitrogens with one attached hydrogen (secondary N) is 1. The fraction of sp³-hybridized carbons (Fsp3) is 1.00. The molecule has 0 aromatic rings. The van der Waals surface area contributed by atoms with E-state index in [0.29, 0.717) is 0 Å². The molecule has 1 aliphatic heterocycles. The second-order valence-corrected chi connectivity index (χ2v) is 5.35. The third-order valence-electron chi connectivity index (χ3n) is 4.19. The summed E-state index contributed by atoms with van der Waals surface area (Å²) in [5, 5.41) is 3.50. The fourth-order valence-electron chi connectivity index (χ4n) is 2.85. The molecule has 1 saturated heterocycles. The molecule has 1 N–H and O–H groups in total. The molecule has 0 bridgehead atoms. The standard InChI is InChI=1S/C14H30N2O/c1-5-14(6-2)16(7-8-17-4)11-13-10-15-9-12(13)3/h12-15H,5-11H2,1-4H3/t12-,13+/m1/s1. The number of methoxy groups -OCH3 is 1. The topological polar surface area (TPSA) is 24.5 Å². The Hall–Kier alpha value is -0.120. The van der Waals surface area contributed by atoms with Crippen molar-refractivity contribution in [3.8, 4) is 0 Å². The predicted octanol–water partition coefficient (Wildman–Crippen LogP) is 1.98. The summed E-state index contributed by atoms with van der Waals surface area (Å²) < 4.78 is 5.25. The summed E-state index contributed by atoms with van der Waals surface area (Å²) >= 11 is 0. The van der Waals surface area contributed by atoms with Crippen LogP contribution >= 0.6 is 0 Å². The van der Waals surface area contributed by atoms with Crippen LogP contribution in [0.15, 0.2) is 0 Å². The van der Waals surface area contributed by atoms with E-state index in [-0.39, 0.29) is 0 Å². The molecule has 0 radical (unpaired) electrons. The second-order valence-electron chi connectivity index (χ2n) is 5.35. The van der Waals surface area contributed by atoms with Gasteiger partial charge in [-0.3, -0.25) is 4.90 Å². The summed E-state index contributed by atoms with van der Waals surface area (Å²) in [4.78, 5) is 2.64. The van der Waals surface area contributed by atoms with E-state index >= 15 is 0 Å². The first-order valence-corrected chi connectivity index (χ1v) is 7.16. The second kappa shape index (κ2) is 8.06. The number of rotatable bonds is 8. The summed E-state index contributed by atoms with van der Waals surface area (Å²) in [6, 6.07) is 0.720. The third-order valence-corrected chi connectivity index (χ3v) is 4.19. The van der Waals surface area contributed by atoms with Crippen molar-refractivity contribution in [2.75, 3.05) is 39.9 Å². The summed E-state index contributed by atoms with van der Waals surface area (Å²) in [6.07, 6.45) is 2.49. The van der Waals surface area contributed by atoms with Crippen LogP contribution in [0.1, 0.15) is 33.6 Å². The molecule has 0 spiro atoms. The summed E-state index contributed by atoms with van der Waals surface area (Å²) in [5.74, 6) is 1.63. The van der Waals surface area contributed by atoms with Crippen molar-refractivity contribution in [1.29, 1.82) is 0 Å². The molecule has 102 valence electrons. The molecule has 0 unspecified atom stereocenters. The molecule has 0 aromatic heterocycles. The quantitative estimate of drug-likeness (QED) is 0.704. The zero-order valence-corrected chi connectivity index (χ0v) is 12.0. The molecule has 0 saturated carbocycles. The van der Waals surface area contributed by atoms with Gasteiger partial charge in [0.2, 0.25) is 0 Å². The molecule has 0 amide bonds. The van der Waals surface area contributed by atoms with E-state index in [1.165, 1.54) is 32.5 Å². The predicted molar refractivity (Wildman–Crippen MR) is 73.3 cm³/mol. The molecule has 17 heavy (non-hydrogen) atoms. The highest BCUT2D eigenvalue weighted by Gasteiger charge is 2.27. The van der Waals surface area contributed by atoms with Gasteiger partial charge in [0.25, 0.3) is 0 Å². The largest absolute Gasteiger partial charge is 0.383 e. The van der Waals surface area contributed by atoms with Gasteiger partial charge in [-0.25, -0.2) is 0 Å². The molecule has 1 heterocycles. The molecule has 1 fully saturated rings. The molecular weight excluding hydrogens is 212 g/mol. The normalized spacial score (nSPS) is 25.1. The highest BCUT2D eigenvalue weighted by Crippen LogP contribution is 2.20. The van der Waals surface area contributed by atoms with Crippen LogP contribution in [0.2, 0.25) is 0 Å². The fourth-order valence-corrected chi connectivity index (χ4v) is 2.85. The molecule has 1 rings (SSSR count). The monoisotopic (exact) mass is 242 g/mol. The SMILES string of the molecule is CCC(CC)N(CCOC)C[C@@H]1CNC[C@H]1C. The molecule has 1 aliphatic rings. The molecule has 3 nitrogen and oxygen atoms in total. The van der Waals surface area contributed by atoms with Crippen molar-refractivity contribution < 1.29 is 4.74 Å². The highest BCUT2D eigenvalue weighted by molar-refractivity contribution is 4.82. The Morgan fingerprint density at radius 3 is 2.47 bits per heavy atom. The minimum absolute atomic E-state index is 0.720.